The van der Waals surface area contributed by atoms with Gasteiger partial charge < -0.3 is 10.5 Å². The minimum Gasteiger partial charge on any atom is -0.376 e. The van der Waals surface area contributed by atoms with E-state index in [1.54, 1.807) is 0 Å². The highest BCUT2D eigenvalue weighted by atomic mass is 16.5. The quantitative estimate of drug-likeness (QED) is 0.835. The molecule has 1 aromatic carbocycles. The van der Waals surface area contributed by atoms with Crippen molar-refractivity contribution in [2.75, 3.05) is 13.7 Å². The van der Waals surface area contributed by atoms with Crippen LogP contribution in [-0.4, -0.2) is 18.6 Å². The fourth-order valence-electron chi connectivity index (χ4n) is 2.21. The summed E-state index contributed by atoms with van der Waals surface area (Å²) in [4.78, 5) is 4.18. The zero-order chi connectivity index (χ0) is 12.8. The van der Waals surface area contributed by atoms with Gasteiger partial charge in [-0.05, 0) is 36.2 Å². The summed E-state index contributed by atoms with van der Waals surface area (Å²) in [6, 6.07) is 10.5. The van der Waals surface area contributed by atoms with Crippen LogP contribution in [0.1, 0.15) is 11.1 Å². The second-order valence-corrected chi connectivity index (χ2v) is 3.99. The average Bonchev–Trinajstić information content (AvgIpc) is 2.50. The molecule has 1 aliphatic heterocycles. The number of benzene rings is 1. The number of hydrogen-bond acceptors (Lipinski definition) is 3. The monoisotopic (exact) mass is 242 g/mol. The van der Waals surface area contributed by atoms with Crippen molar-refractivity contribution in [2.24, 2.45) is 5.73 Å². The van der Waals surface area contributed by atoms with Gasteiger partial charge >= 0.3 is 0 Å². The van der Waals surface area contributed by atoms with Crippen molar-refractivity contribution in [3.05, 3.63) is 53.9 Å². The standard InChI is InChI=1S/C14H13NO.CH5N/c1-3-12-10-16-8-6-14(12)13(5-1)11-4-2-7-15-9-11;1-2/h1-5,7,9H,6,8,10H2;2H2,1H3. The Bertz CT molecular complexity index is 497. The molecule has 1 aliphatic rings. The van der Waals surface area contributed by atoms with Gasteiger partial charge in [0.15, 0.2) is 0 Å². The third-order valence-electron chi connectivity index (χ3n) is 3.00. The van der Waals surface area contributed by atoms with Crippen LogP contribution in [0.5, 0.6) is 0 Å². The summed E-state index contributed by atoms with van der Waals surface area (Å²) in [6.45, 7) is 1.56. The normalized spacial score (nSPS) is 13.2. The molecule has 0 unspecified atom stereocenters. The third-order valence-corrected chi connectivity index (χ3v) is 3.00. The molecule has 0 spiro atoms. The van der Waals surface area contributed by atoms with Crippen LogP contribution in [0, 0.1) is 0 Å². The molecule has 0 atom stereocenters. The Morgan fingerprint density at radius 2 is 2.06 bits per heavy atom. The summed E-state index contributed by atoms with van der Waals surface area (Å²) >= 11 is 0. The zero-order valence-electron chi connectivity index (χ0n) is 10.6. The fraction of sp³-hybridized carbons (Fsp3) is 0.267. The Labute approximate surface area is 108 Å². The van der Waals surface area contributed by atoms with Gasteiger partial charge in [0.1, 0.15) is 0 Å². The van der Waals surface area contributed by atoms with Crippen molar-refractivity contribution in [3.63, 3.8) is 0 Å². The largest absolute Gasteiger partial charge is 0.376 e. The Hall–Kier alpha value is -1.71. The summed E-state index contributed by atoms with van der Waals surface area (Å²) in [5.74, 6) is 0. The predicted molar refractivity (Wildman–Crippen MR) is 73.1 cm³/mol. The first-order chi connectivity index (χ1) is 8.95. The van der Waals surface area contributed by atoms with Crippen LogP contribution in [0.4, 0.5) is 0 Å². The van der Waals surface area contributed by atoms with Crippen molar-refractivity contribution in [1.29, 1.82) is 0 Å². The number of fused-ring (bicyclic) bond motifs is 1. The van der Waals surface area contributed by atoms with Crippen molar-refractivity contribution >= 4 is 0 Å². The summed E-state index contributed by atoms with van der Waals surface area (Å²) < 4.78 is 5.47. The lowest BCUT2D eigenvalue weighted by atomic mass is 9.93. The predicted octanol–water partition coefficient (Wildman–Crippen LogP) is 2.40. The maximum atomic E-state index is 5.47. The second-order valence-electron chi connectivity index (χ2n) is 3.99. The van der Waals surface area contributed by atoms with Gasteiger partial charge in [0.2, 0.25) is 0 Å². The van der Waals surface area contributed by atoms with E-state index in [1.807, 2.05) is 18.5 Å². The molecule has 2 heterocycles. The average molecular weight is 242 g/mol. The number of nitrogens with two attached hydrogens (primary N) is 1. The first-order valence-electron chi connectivity index (χ1n) is 6.12. The van der Waals surface area contributed by atoms with Crippen molar-refractivity contribution in [2.45, 2.75) is 13.0 Å². The molecule has 3 heteroatoms. The minimum absolute atomic E-state index is 0.740. The second kappa shape index (κ2) is 6.28. The van der Waals surface area contributed by atoms with Gasteiger partial charge in [-0.1, -0.05) is 24.3 Å². The van der Waals surface area contributed by atoms with E-state index in [-0.39, 0.29) is 0 Å². The number of ether oxygens (including phenoxy) is 1. The fourth-order valence-corrected chi connectivity index (χ4v) is 2.21. The van der Waals surface area contributed by atoms with Gasteiger partial charge in [-0.15, -0.1) is 0 Å². The Morgan fingerprint density at radius 3 is 2.83 bits per heavy atom. The molecule has 1 aromatic heterocycles. The lowest BCUT2D eigenvalue weighted by Crippen LogP contribution is -2.10. The van der Waals surface area contributed by atoms with Crippen molar-refractivity contribution in [1.82, 2.24) is 4.98 Å². The van der Waals surface area contributed by atoms with Gasteiger partial charge in [-0.3, -0.25) is 4.98 Å². The van der Waals surface area contributed by atoms with Gasteiger partial charge in [-0.2, -0.15) is 0 Å². The summed E-state index contributed by atoms with van der Waals surface area (Å²) in [5, 5.41) is 0. The summed E-state index contributed by atoms with van der Waals surface area (Å²) in [7, 11) is 1.50. The van der Waals surface area contributed by atoms with E-state index in [1.165, 1.54) is 29.3 Å². The molecule has 0 aliphatic carbocycles. The smallest absolute Gasteiger partial charge is 0.0719 e. The van der Waals surface area contributed by atoms with E-state index in [2.05, 4.69) is 35.0 Å². The SMILES string of the molecule is CN.c1cncc(-c2cccc3c2CCOC3)c1. The molecule has 2 aromatic rings. The molecule has 3 nitrogen and oxygen atoms in total. The Balaban J connectivity index is 0.000000574. The highest BCUT2D eigenvalue weighted by molar-refractivity contribution is 5.68. The molecule has 94 valence electrons. The Morgan fingerprint density at radius 1 is 1.17 bits per heavy atom. The molecule has 0 amide bonds. The molecule has 0 saturated carbocycles. The van der Waals surface area contributed by atoms with Gasteiger partial charge in [0.25, 0.3) is 0 Å². The first-order valence-corrected chi connectivity index (χ1v) is 6.12. The van der Waals surface area contributed by atoms with Crippen LogP contribution in [0.15, 0.2) is 42.7 Å². The number of nitrogens with zero attached hydrogens (tertiary/aromatic N) is 1. The van der Waals surface area contributed by atoms with E-state index < -0.39 is 0 Å². The van der Waals surface area contributed by atoms with Gasteiger partial charge in [-0.25, -0.2) is 0 Å². The lowest BCUT2D eigenvalue weighted by molar-refractivity contribution is 0.111. The molecule has 0 fully saturated rings. The van der Waals surface area contributed by atoms with Crippen LogP contribution in [0.3, 0.4) is 0 Å². The van der Waals surface area contributed by atoms with Crippen LogP contribution >= 0.6 is 0 Å². The molecule has 0 saturated heterocycles. The van der Waals surface area contributed by atoms with Crippen LogP contribution in [-0.2, 0) is 17.8 Å². The van der Waals surface area contributed by atoms with Crippen LogP contribution < -0.4 is 5.73 Å². The summed E-state index contributed by atoms with van der Waals surface area (Å²) in [5.41, 5.74) is 9.73. The van der Waals surface area contributed by atoms with E-state index in [0.29, 0.717) is 0 Å². The van der Waals surface area contributed by atoms with Crippen molar-refractivity contribution in [3.8, 4) is 11.1 Å². The van der Waals surface area contributed by atoms with E-state index >= 15 is 0 Å². The molecule has 3 rings (SSSR count). The first kappa shape index (κ1) is 12.7. The Kier molecular flexibility index (Phi) is 4.45. The zero-order valence-corrected chi connectivity index (χ0v) is 10.6. The molecule has 0 radical (unpaired) electrons. The van der Waals surface area contributed by atoms with Gasteiger partial charge in [0, 0.05) is 18.0 Å². The van der Waals surface area contributed by atoms with E-state index in [0.717, 1.165) is 19.6 Å². The maximum Gasteiger partial charge on any atom is 0.0719 e. The van der Waals surface area contributed by atoms with E-state index in [9.17, 15) is 0 Å². The van der Waals surface area contributed by atoms with Crippen LogP contribution in [0.25, 0.3) is 11.1 Å². The van der Waals surface area contributed by atoms with Crippen molar-refractivity contribution < 1.29 is 4.74 Å². The number of hydrogen-bond donors (Lipinski definition) is 1. The van der Waals surface area contributed by atoms with E-state index in [4.69, 9.17) is 4.74 Å². The van der Waals surface area contributed by atoms with Gasteiger partial charge in [0.05, 0.1) is 13.2 Å². The number of pyridine rings is 1. The maximum absolute atomic E-state index is 5.47. The molecular formula is C15H18N2O. The molecular weight excluding hydrogens is 224 g/mol. The third kappa shape index (κ3) is 2.58. The highest BCUT2D eigenvalue weighted by Gasteiger charge is 2.13. The minimum atomic E-state index is 0.740. The number of aromatic nitrogens is 1. The lowest BCUT2D eigenvalue weighted by Gasteiger charge is -2.19. The summed E-state index contributed by atoms with van der Waals surface area (Å²) in [6.07, 6.45) is 4.73. The number of rotatable bonds is 1. The highest BCUT2D eigenvalue weighted by Crippen LogP contribution is 2.28. The molecule has 18 heavy (non-hydrogen) atoms. The molecule has 0 bridgehead atoms. The van der Waals surface area contributed by atoms with Crippen LogP contribution in [0.2, 0.25) is 0 Å². The topological polar surface area (TPSA) is 48.1 Å². The molecule has 2 N–H and O–H groups in total.